The molecule has 0 aromatic carbocycles. The maximum Gasteiger partial charge on any atom is 0.316 e. The molecule has 0 bridgehead atoms. The number of pyridine rings is 1. The fourth-order valence-corrected chi connectivity index (χ4v) is 4.34. The molecule has 0 unspecified atom stereocenters. The second-order valence-electron chi connectivity index (χ2n) is 7.80. The highest BCUT2D eigenvalue weighted by atomic mass is 16.5. The maximum absolute atomic E-state index is 13.0. The molecule has 8 heteroatoms. The summed E-state index contributed by atoms with van der Waals surface area (Å²) in [5.41, 5.74) is 2.27. The molecule has 3 aromatic heterocycles. The molecule has 1 aliphatic heterocycles. The van der Waals surface area contributed by atoms with E-state index in [-0.39, 0.29) is 12.0 Å². The molecule has 1 saturated carbocycles. The van der Waals surface area contributed by atoms with Gasteiger partial charge in [-0.15, -0.1) is 0 Å². The minimum absolute atomic E-state index is 0.00391. The van der Waals surface area contributed by atoms with Crippen LogP contribution in [0.3, 0.4) is 0 Å². The van der Waals surface area contributed by atoms with E-state index in [1.165, 1.54) is 25.7 Å². The van der Waals surface area contributed by atoms with Crippen LogP contribution in [0.25, 0.3) is 11.2 Å². The normalized spacial score (nSPS) is 18.4. The maximum atomic E-state index is 13.0. The zero-order chi connectivity index (χ0) is 19.6. The van der Waals surface area contributed by atoms with E-state index in [0.717, 1.165) is 24.0 Å². The summed E-state index contributed by atoms with van der Waals surface area (Å²) in [7, 11) is 0. The summed E-state index contributed by atoms with van der Waals surface area (Å²) in [5, 5.41) is 0. The molecule has 1 amide bonds. The number of hydrogen-bond donors (Lipinski definition) is 0. The van der Waals surface area contributed by atoms with Crippen molar-refractivity contribution < 1.29 is 9.53 Å². The average Bonchev–Trinajstić information content (AvgIpc) is 3.44. The van der Waals surface area contributed by atoms with Gasteiger partial charge < -0.3 is 14.2 Å². The van der Waals surface area contributed by atoms with Crippen molar-refractivity contribution in [2.24, 2.45) is 0 Å². The Morgan fingerprint density at radius 2 is 1.76 bits per heavy atom. The molecule has 1 saturated heterocycles. The highest BCUT2D eigenvalue weighted by Crippen LogP contribution is 2.31. The Kier molecular flexibility index (Phi) is 4.83. The summed E-state index contributed by atoms with van der Waals surface area (Å²) in [4.78, 5) is 32.1. The lowest BCUT2D eigenvalue weighted by atomic mass is 10.1. The zero-order valence-electron chi connectivity index (χ0n) is 16.3. The predicted octanol–water partition coefficient (Wildman–Crippen LogP) is 3.02. The smallest absolute Gasteiger partial charge is 0.316 e. The largest absolute Gasteiger partial charge is 0.460 e. The summed E-state index contributed by atoms with van der Waals surface area (Å²) in [5.74, 6) is 0.00391. The molecule has 4 heterocycles. The number of likely N-dealkylation sites (tertiary alicyclic amines) is 1. The van der Waals surface area contributed by atoms with Crippen LogP contribution < -0.4 is 4.74 Å². The van der Waals surface area contributed by atoms with E-state index in [2.05, 4.69) is 24.5 Å². The van der Waals surface area contributed by atoms with Crippen LogP contribution in [0.5, 0.6) is 6.01 Å². The van der Waals surface area contributed by atoms with Crippen molar-refractivity contribution in [2.75, 3.05) is 13.1 Å². The molecule has 8 nitrogen and oxygen atoms in total. The minimum Gasteiger partial charge on any atom is -0.460 e. The molecule has 2 aliphatic rings. The summed E-state index contributed by atoms with van der Waals surface area (Å²) >= 11 is 0. The molecule has 29 heavy (non-hydrogen) atoms. The van der Waals surface area contributed by atoms with Crippen molar-refractivity contribution in [3.8, 4) is 6.01 Å². The number of amides is 1. The number of hydrogen-bond acceptors (Lipinski definition) is 6. The SMILES string of the molecule is O=C(c1cnc2c(c1)ncn2C1CCCC1)N1CCC(Oc2ncccn2)CC1. The van der Waals surface area contributed by atoms with Gasteiger partial charge in [0.1, 0.15) is 11.6 Å². The molecule has 0 atom stereocenters. The van der Waals surface area contributed by atoms with Gasteiger partial charge in [-0.25, -0.2) is 19.9 Å². The number of piperidine rings is 1. The molecule has 1 aliphatic carbocycles. The number of nitrogens with zero attached hydrogens (tertiary/aromatic N) is 6. The van der Waals surface area contributed by atoms with Crippen LogP contribution in [0.4, 0.5) is 0 Å². The first kappa shape index (κ1) is 18.0. The number of carbonyl (C=O) groups excluding carboxylic acids is 1. The van der Waals surface area contributed by atoms with Gasteiger partial charge in [0.15, 0.2) is 5.65 Å². The number of aromatic nitrogens is 5. The number of imidazole rings is 1. The second-order valence-corrected chi connectivity index (χ2v) is 7.80. The van der Waals surface area contributed by atoms with Crippen LogP contribution in [0.1, 0.15) is 54.9 Å². The molecule has 5 rings (SSSR count). The lowest BCUT2D eigenvalue weighted by molar-refractivity contribution is 0.0578. The van der Waals surface area contributed by atoms with E-state index in [4.69, 9.17) is 4.74 Å². The van der Waals surface area contributed by atoms with Gasteiger partial charge in [0, 0.05) is 50.6 Å². The van der Waals surface area contributed by atoms with Gasteiger partial charge in [-0.1, -0.05) is 12.8 Å². The summed E-state index contributed by atoms with van der Waals surface area (Å²) < 4.78 is 7.98. The van der Waals surface area contributed by atoms with Crippen molar-refractivity contribution >= 4 is 17.1 Å². The Labute approximate surface area is 169 Å². The Balaban J connectivity index is 1.24. The lowest BCUT2D eigenvalue weighted by Gasteiger charge is -2.31. The quantitative estimate of drug-likeness (QED) is 0.678. The monoisotopic (exact) mass is 392 g/mol. The third kappa shape index (κ3) is 3.66. The fraction of sp³-hybridized carbons (Fsp3) is 0.476. The van der Waals surface area contributed by atoms with E-state index >= 15 is 0 Å². The van der Waals surface area contributed by atoms with E-state index in [1.54, 1.807) is 24.7 Å². The van der Waals surface area contributed by atoms with Gasteiger partial charge >= 0.3 is 6.01 Å². The molecule has 3 aromatic rings. The van der Waals surface area contributed by atoms with Gasteiger partial charge in [0.2, 0.25) is 0 Å². The molecule has 0 spiro atoms. The third-order valence-corrected chi connectivity index (χ3v) is 5.92. The van der Waals surface area contributed by atoms with Crippen LogP contribution in [-0.4, -0.2) is 54.5 Å². The van der Waals surface area contributed by atoms with Crippen molar-refractivity contribution in [3.63, 3.8) is 0 Å². The predicted molar refractivity (Wildman–Crippen MR) is 107 cm³/mol. The van der Waals surface area contributed by atoms with Gasteiger partial charge in [-0.3, -0.25) is 4.79 Å². The van der Waals surface area contributed by atoms with Gasteiger partial charge in [-0.2, -0.15) is 0 Å². The lowest BCUT2D eigenvalue weighted by Crippen LogP contribution is -2.42. The van der Waals surface area contributed by atoms with Gasteiger partial charge in [0.05, 0.1) is 11.9 Å². The minimum atomic E-state index is 0.00391. The van der Waals surface area contributed by atoms with E-state index in [9.17, 15) is 4.79 Å². The highest BCUT2D eigenvalue weighted by Gasteiger charge is 2.26. The van der Waals surface area contributed by atoms with Crippen LogP contribution >= 0.6 is 0 Å². The summed E-state index contributed by atoms with van der Waals surface area (Å²) in [6.45, 7) is 1.29. The molecule has 0 N–H and O–H groups in total. The Morgan fingerprint density at radius 1 is 1.00 bits per heavy atom. The molecule has 2 fully saturated rings. The third-order valence-electron chi connectivity index (χ3n) is 5.92. The Morgan fingerprint density at radius 3 is 2.52 bits per heavy atom. The average molecular weight is 392 g/mol. The topological polar surface area (TPSA) is 86.0 Å². The van der Waals surface area contributed by atoms with Crippen molar-refractivity contribution in [1.29, 1.82) is 0 Å². The molecular formula is C21H24N6O2. The van der Waals surface area contributed by atoms with E-state index < -0.39 is 0 Å². The molecule has 150 valence electrons. The van der Waals surface area contributed by atoms with Crippen LogP contribution in [0.15, 0.2) is 37.1 Å². The first-order valence-corrected chi connectivity index (χ1v) is 10.3. The Hall–Kier alpha value is -3.03. The van der Waals surface area contributed by atoms with Crippen LogP contribution in [0.2, 0.25) is 0 Å². The molecular weight excluding hydrogens is 368 g/mol. The van der Waals surface area contributed by atoms with E-state index in [0.29, 0.717) is 30.7 Å². The first-order chi connectivity index (χ1) is 14.3. The van der Waals surface area contributed by atoms with Crippen molar-refractivity contribution in [3.05, 3.63) is 42.6 Å². The Bertz CT molecular complexity index is 991. The summed E-state index contributed by atoms with van der Waals surface area (Å²) in [6.07, 6.45) is 13.3. The standard InChI is InChI=1S/C21H24N6O2/c28-20(26-10-6-17(7-11-26)29-21-22-8-3-9-23-21)15-12-18-19(24-13-15)27(14-25-18)16-4-1-2-5-16/h3,8-9,12-14,16-17H,1-2,4-7,10-11H2. The highest BCUT2D eigenvalue weighted by molar-refractivity contribution is 5.96. The van der Waals surface area contributed by atoms with Gasteiger partial charge in [0.25, 0.3) is 5.91 Å². The fourth-order valence-electron chi connectivity index (χ4n) is 4.34. The van der Waals surface area contributed by atoms with Gasteiger partial charge in [-0.05, 0) is 25.0 Å². The van der Waals surface area contributed by atoms with Crippen LogP contribution in [0, 0.1) is 0 Å². The zero-order valence-corrected chi connectivity index (χ0v) is 16.3. The van der Waals surface area contributed by atoms with E-state index in [1.807, 2.05) is 17.3 Å². The van der Waals surface area contributed by atoms with Crippen LogP contribution in [-0.2, 0) is 0 Å². The number of rotatable bonds is 4. The number of fused-ring (bicyclic) bond motifs is 1. The number of ether oxygens (including phenoxy) is 1. The molecule has 0 radical (unpaired) electrons. The first-order valence-electron chi connectivity index (χ1n) is 10.3. The summed E-state index contributed by atoms with van der Waals surface area (Å²) in [6, 6.07) is 4.51. The van der Waals surface area contributed by atoms with Crippen molar-refractivity contribution in [1.82, 2.24) is 29.4 Å². The number of carbonyl (C=O) groups is 1. The van der Waals surface area contributed by atoms with Crippen molar-refractivity contribution in [2.45, 2.75) is 50.7 Å². The second kappa shape index (κ2) is 7.77.